The number of rotatable bonds is 7. The molecule has 28 heavy (non-hydrogen) atoms. The highest BCUT2D eigenvalue weighted by Crippen LogP contribution is 2.20. The zero-order valence-electron chi connectivity index (χ0n) is 15.7. The van der Waals surface area contributed by atoms with E-state index in [-0.39, 0.29) is 31.1 Å². The molecule has 0 spiro atoms. The summed E-state index contributed by atoms with van der Waals surface area (Å²) >= 11 is 0. The maximum Gasteiger partial charge on any atom is 0.303 e. The third-order valence-corrected chi connectivity index (χ3v) is 4.84. The van der Waals surface area contributed by atoms with E-state index in [0.717, 1.165) is 16.5 Å². The fourth-order valence-electron chi connectivity index (χ4n) is 3.25. The van der Waals surface area contributed by atoms with Gasteiger partial charge >= 0.3 is 5.97 Å². The van der Waals surface area contributed by atoms with Crippen LogP contribution in [0.25, 0.3) is 10.8 Å². The first-order valence-electron chi connectivity index (χ1n) is 9.42. The highest BCUT2D eigenvalue weighted by atomic mass is 16.5. The molecule has 148 valence electrons. The first-order valence-corrected chi connectivity index (χ1v) is 9.42. The van der Waals surface area contributed by atoms with E-state index in [1.54, 1.807) is 9.80 Å². The van der Waals surface area contributed by atoms with Gasteiger partial charge in [0.2, 0.25) is 11.8 Å². The molecule has 0 atom stereocenters. The fraction of sp³-hybridized carbons (Fsp3) is 0.381. The lowest BCUT2D eigenvalue weighted by atomic mass is 10.1. The van der Waals surface area contributed by atoms with Crippen molar-refractivity contribution >= 4 is 28.6 Å². The van der Waals surface area contributed by atoms with Gasteiger partial charge in [-0.2, -0.15) is 0 Å². The second kappa shape index (κ2) is 9.21. The molecule has 0 unspecified atom stereocenters. The van der Waals surface area contributed by atoms with Crippen LogP contribution in [0.3, 0.4) is 0 Å². The smallest absolute Gasteiger partial charge is 0.303 e. The molecule has 2 amide bonds. The van der Waals surface area contributed by atoms with E-state index in [1.165, 1.54) is 0 Å². The average molecular weight is 384 g/mol. The number of carboxylic acid groups (broad SMARTS) is 1. The molecule has 0 saturated carbocycles. The number of carbonyl (C=O) groups excluding carboxylic acids is 2. The number of benzene rings is 2. The van der Waals surface area contributed by atoms with Crippen LogP contribution in [-0.2, 0) is 14.4 Å². The van der Waals surface area contributed by atoms with Crippen molar-refractivity contribution in [3.63, 3.8) is 0 Å². The second-order valence-corrected chi connectivity index (χ2v) is 6.76. The Bertz CT molecular complexity index is 859. The van der Waals surface area contributed by atoms with Crippen molar-refractivity contribution in [1.29, 1.82) is 0 Å². The molecular weight excluding hydrogens is 360 g/mol. The van der Waals surface area contributed by atoms with Crippen LogP contribution in [0.5, 0.6) is 5.75 Å². The van der Waals surface area contributed by atoms with Crippen LogP contribution in [0.4, 0.5) is 0 Å². The molecule has 1 saturated heterocycles. The van der Waals surface area contributed by atoms with E-state index in [9.17, 15) is 14.4 Å². The van der Waals surface area contributed by atoms with E-state index in [1.807, 2.05) is 42.5 Å². The summed E-state index contributed by atoms with van der Waals surface area (Å²) in [6.07, 6.45) is 0.118. The van der Waals surface area contributed by atoms with E-state index in [4.69, 9.17) is 9.84 Å². The van der Waals surface area contributed by atoms with Crippen LogP contribution >= 0.6 is 0 Å². The van der Waals surface area contributed by atoms with Crippen molar-refractivity contribution in [3.8, 4) is 5.75 Å². The minimum absolute atomic E-state index is 0.00146. The van der Waals surface area contributed by atoms with Gasteiger partial charge in [0.1, 0.15) is 5.75 Å². The van der Waals surface area contributed by atoms with Crippen LogP contribution in [0.2, 0.25) is 0 Å². The highest BCUT2D eigenvalue weighted by Gasteiger charge is 2.24. The Morgan fingerprint density at radius 3 is 2.07 bits per heavy atom. The molecule has 7 heteroatoms. The molecular formula is C21H24N2O5. The number of nitrogens with zero attached hydrogens (tertiary/aromatic N) is 2. The Hall–Kier alpha value is -3.09. The summed E-state index contributed by atoms with van der Waals surface area (Å²) in [4.78, 5) is 38.2. The van der Waals surface area contributed by atoms with E-state index >= 15 is 0 Å². The zero-order chi connectivity index (χ0) is 19.9. The lowest BCUT2D eigenvalue weighted by Crippen LogP contribution is -2.50. The summed E-state index contributed by atoms with van der Waals surface area (Å²) in [6.45, 7) is 2.11. The number of carboxylic acids is 1. The summed E-state index contributed by atoms with van der Waals surface area (Å²) in [7, 11) is 0. The van der Waals surface area contributed by atoms with Crippen LogP contribution in [0, 0.1) is 0 Å². The quantitative estimate of drug-likeness (QED) is 0.790. The Labute approximate surface area is 163 Å². The number of hydrogen-bond acceptors (Lipinski definition) is 4. The van der Waals surface area contributed by atoms with Gasteiger partial charge in [-0.3, -0.25) is 14.4 Å². The molecule has 1 fully saturated rings. The average Bonchev–Trinajstić information content (AvgIpc) is 2.72. The fourth-order valence-corrected chi connectivity index (χ4v) is 3.25. The van der Waals surface area contributed by atoms with Gasteiger partial charge in [-0.15, -0.1) is 0 Å². The number of hydrogen-bond donors (Lipinski definition) is 1. The largest absolute Gasteiger partial charge is 0.493 e. The molecule has 2 aromatic carbocycles. The Balaban J connectivity index is 1.40. The van der Waals surface area contributed by atoms with Crippen molar-refractivity contribution in [2.75, 3.05) is 32.8 Å². The van der Waals surface area contributed by atoms with Crippen molar-refractivity contribution in [3.05, 3.63) is 42.5 Å². The van der Waals surface area contributed by atoms with Crippen LogP contribution in [-0.4, -0.2) is 65.5 Å². The summed E-state index contributed by atoms with van der Waals surface area (Å²) in [5, 5.41) is 10.9. The van der Waals surface area contributed by atoms with Crippen LogP contribution in [0.15, 0.2) is 42.5 Å². The monoisotopic (exact) mass is 384 g/mol. The highest BCUT2D eigenvalue weighted by molar-refractivity contribution is 5.84. The van der Waals surface area contributed by atoms with Crippen molar-refractivity contribution < 1.29 is 24.2 Å². The summed E-state index contributed by atoms with van der Waals surface area (Å²) in [5.74, 6) is -0.415. The third kappa shape index (κ3) is 5.22. The van der Waals surface area contributed by atoms with Gasteiger partial charge in [0.25, 0.3) is 0 Å². The second-order valence-electron chi connectivity index (χ2n) is 6.76. The number of piperazine rings is 1. The summed E-state index contributed by atoms with van der Waals surface area (Å²) < 4.78 is 5.72. The molecule has 0 bridgehead atoms. The predicted octanol–water partition coefficient (Wildman–Crippen LogP) is 2.14. The van der Waals surface area contributed by atoms with Gasteiger partial charge in [-0.05, 0) is 22.9 Å². The van der Waals surface area contributed by atoms with Crippen molar-refractivity contribution in [2.45, 2.75) is 19.3 Å². The molecule has 1 heterocycles. The molecule has 1 aliphatic rings. The van der Waals surface area contributed by atoms with Crippen molar-refractivity contribution in [2.24, 2.45) is 0 Å². The maximum absolute atomic E-state index is 12.4. The third-order valence-electron chi connectivity index (χ3n) is 4.84. The number of carbonyl (C=O) groups is 3. The molecule has 0 aliphatic carbocycles. The Morgan fingerprint density at radius 2 is 1.43 bits per heavy atom. The predicted molar refractivity (Wildman–Crippen MR) is 104 cm³/mol. The normalized spacial score (nSPS) is 14.1. The van der Waals surface area contributed by atoms with Gasteiger partial charge in [0.15, 0.2) is 0 Å². The number of fused-ring (bicyclic) bond motifs is 1. The minimum Gasteiger partial charge on any atom is -0.493 e. The van der Waals surface area contributed by atoms with Gasteiger partial charge in [0.05, 0.1) is 19.4 Å². The molecule has 0 aromatic heterocycles. The zero-order valence-corrected chi connectivity index (χ0v) is 15.7. The van der Waals surface area contributed by atoms with Crippen LogP contribution < -0.4 is 4.74 Å². The lowest BCUT2D eigenvalue weighted by molar-refractivity contribution is -0.143. The molecule has 7 nitrogen and oxygen atoms in total. The van der Waals surface area contributed by atoms with E-state index < -0.39 is 5.97 Å². The first kappa shape index (κ1) is 19.7. The Morgan fingerprint density at radius 1 is 0.821 bits per heavy atom. The summed E-state index contributed by atoms with van der Waals surface area (Å²) in [5.41, 5.74) is 0. The molecule has 2 aromatic rings. The topological polar surface area (TPSA) is 87.2 Å². The van der Waals surface area contributed by atoms with Gasteiger partial charge < -0.3 is 19.6 Å². The van der Waals surface area contributed by atoms with Gasteiger partial charge in [0, 0.05) is 32.6 Å². The molecule has 3 rings (SSSR count). The number of amides is 2. The van der Waals surface area contributed by atoms with Crippen LogP contribution in [0.1, 0.15) is 19.3 Å². The minimum atomic E-state index is -0.978. The lowest BCUT2D eigenvalue weighted by Gasteiger charge is -2.34. The van der Waals surface area contributed by atoms with Crippen molar-refractivity contribution in [1.82, 2.24) is 9.80 Å². The maximum atomic E-state index is 12.4. The Kier molecular flexibility index (Phi) is 6.47. The van der Waals surface area contributed by atoms with Gasteiger partial charge in [-0.25, -0.2) is 0 Å². The number of ether oxygens (including phenoxy) is 1. The van der Waals surface area contributed by atoms with E-state index in [0.29, 0.717) is 32.8 Å². The molecule has 1 N–H and O–H groups in total. The van der Waals surface area contributed by atoms with Gasteiger partial charge in [-0.1, -0.05) is 30.3 Å². The number of aliphatic carboxylic acids is 1. The van der Waals surface area contributed by atoms with E-state index in [2.05, 4.69) is 0 Å². The SMILES string of the molecule is O=C(O)CCC(=O)N1CCN(C(=O)CCOc2ccc3ccccc3c2)CC1. The molecule has 1 aliphatic heterocycles. The molecule has 0 radical (unpaired) electrons. The standard InChI is InChI=1S/C21H24N2O5/c24-19(7-8-21(26)27)22-10-12-23(13-11-22)20(25)9-14-28-18-6-5-16-3-1-2-4-17(16)15-18/h1-6,15H,7-14H2,(H,26,27). The first-order chi connectivity index (χ1) is 13.5. The summed E-state index contributed by atoms with van der Waals surface area (Å²) in [6, 6.07) is 13.9.